The number of nitrogens with zero attached hydrogens (tertiary/aromatic N) is 2. The summed E-state index contributed by atoms with van der Waals surface area (Å²) in [6, 6.07) is 10.7. The van der Waals surface area contributed by atoms with E-state index in [4.69, 9.17) is 23.2 Å². The van der Waals surface area contributed by atoms with Crippen LogP contribution in [0.1, 0.15) is 32.3 Å². The second kappa shape index (κ2) is 12.8. The molecule has 0 spiro atoms. The van der Waals surface area contributed by atoms with Crippen LogP contribution in [-0.2, 0) is 26.2 Å². The van der Waals surface area contributed by atoms with Crippen molar-refractivity contribution < 1.29 is 18.0 Å². The number of rotatable bonds is 11. The Morgan fingerprint density at radius 3 is 2.41 bits per heavy atom. The fourth-order valence-electron chi connectivity index (χ4n) is 3.20. The molecule has 0 saturated heterocycles. The van der Waals surface area contributed by atoms with Crippen LogP contribution < -0.4 is 9.62 Å². The third kappa shape index (κ3) is 8.15. The summed E-state index contributed by atoms with van der Waals surface area (Å²) in [5, 5.41) is 3.51. The Hall–Kier alpha value is -1.81. The lowest BCUT2D eigenvalue weighted by Gasteiger charge is -2.31. The minimum absolute atomic E-state index is 0.0498. The van der Waals surface area contributed by atoms with Crippen molar-refractivity contribution in [3.05, 3.63) is 62.5 Å². The van der Waals surface area contributed by atoms with E-state index in [-0.39, 0.29) is 12.5 Å². The minimum atomic E-state index is -3.79. The maximum Gasteiger partial charge on any atom is 0.244 e. The van der Waals surface area contributed by atoms with Gasteiger partial charge in [-0.3, -0.25) is 13.9 Å². The Morgan fingerprint density at radius 2 is 1.82 bits per heavy atom. The lowest BCUT2D eigenvalue weighted by Crippen LogP contribution is -2.51. The maximum atomic E-state index is 13.5. The Morgan fingerprint density at radius 1 is 1.12 bits per heavy atom. The average molecular weight is 593 g/mol. The van der Waals surface area contributed by atoms with E-state index in [1.54, 1.807) is 49.4 Å². The van der Waals surface area contributed by atoms with Gasteiger partial charge in [-0.1, -0.05) is 64.6 Å². The van der Waals surface area contributed by atoms with Gasteiger partial charge in [-0.05, 0) is 49.2 Å². The Bertz CT molecular complexity index is 1130. The van der Waals surface area contributed by atoms with Crippen LogP contribution in [0.3, 0.4) is 0 Å². The first-order chi connectivity index (χ1) is 15.9. The molecule has 0 aliphatic rings. The van der Waals surface area contributed by atoms with Crippen molar-refractivity contribution >= 4 is 66.7 Å². The van der Waals surface area contributed by atoms with Crippen LogP contribution in [0.2, 0.25) is 10.0 Å². The number of halogens is 3. The highest BCUT2D eigenvalue weighted by Crippen LogP contribution is 2.25. The molecule has 0 radical (unpaired) electrons. The summed E-state index contributed by atoms with van der Waals surface area (Å²) in [4.78, 5) is 27.6. The summed E-state index contributed by atoms with van der Waals surface area (Å²) in [5.74, 6) is -0.857. The normalized spacial score (nSPS) is 12.2. The molecule has 2 rings (SSSR count). The van der Waals surface area contributed by atoms with Crippen LogP contribution in [-0.4, -0.2) is 50.5 Å². The highest BCUT2D eigenvalue weighted by atomic mass is 79.9. The van der Waals surface area contributed by atoms with Gasteiger partial charge in [0, 0.05) is 17.6 Å². The smallest absolute Gasteiger partial charge is 0.244 e. The number of nitrogens with one attached hydrogen (secondary N) is 1. The molecule has 0 fully saturated rings. The van der Waals surface area contributed by atoms with Crippen molar-refractivity contribution in [3.8, 4) is 0 Å². The highest BCUT2D eigenvalue weighted by Gasteiger charge is 2.30. The van der Waals surface area contributed by atoms with E-state index >= 15 is 0 Å². The van der Waals surface area contributed by atoms with Crippen molar-refractivity contribution in [2.75, 3.05) is 23.7 Å². The fourth-order valence-corrected chi connectivity index (χ4v) is 4.75. The molecule has 34 heavy (non-hydrogen) atoms. The number of hydrogen-bond acceptors (Lipinski definition) is 4. The number of hydrogen-bond donors (Lipinski definition) is 1. The monoisotopic (exact) mass is 591 g/mol. The molecule has 11 heteroatoms. The fraction of sp³-hybridized carbons (Fsp3) is 0.391. The summed E-state index contributed by atoms with van der Waals surface area (Å²) in [6.07, 6.45) is 2.76. The SMILES string of the molecule is CCCCNC(=O)[C@H](C)N(Cc1ccc(Cl)c(Cl)c1)C(=O)CN(c1cccc(Br)c1)S(C)(=O)=O. The number of amides is 2. The predicted octanol–water partition coefficient (Wildman–Crippen LogP) is 4.86. The maximum absolute atomic E-state index is 13.5. The van der Waals surface area contributed by atoms with Crippen LogP contribution in [0.5, 0.6) is 0 Å². The highest BCUT2D eigenvalue weighted by molar-refractivity contribution is 9.10. The Kier molecular flexibility index (Phi) is 10.7. The first kappa shape index (κ1) is 28.4. The van der Waals surface area contributed by atoms with Gasteiger partial charge in [0.25, 0.3) is 0 Å². The van der Waals surface area contributed by atoms with Crippen LogP contribution >= 0.6 is 39.1 Å². The molecule has 2 aromatic rings. The van der Waals surface area contributed by atoms with Gasteiger partial charge in [-0.2, -0.15) is 0 Å². The van der Waals surface area contributed by atoms with Crippen LogP contribution in [0.25, 0.3) is 0 Å². The van der Waals surface area contributed by atoms with Crippen molar-refractivity contribution in [3.63, 3.8) is 0 Å². The van der Waals surface area contributed by atoms with E-state index in [9.17, 15) is 18.0 Å². The number of unbranched alkanes of at least 4 members (excludes halogenated alkanes) is 1. The van der Waals surface area contributed by atoms with Gasteiger partial charge in [0.2, 0.25) is 21.8 Å². The summed E-state index contributed by atoms with van der Waals surface area (Å²) in [7, 11) is -3.79. The molecule has 0 unspecified atom stereocenters. The molecule has 0 bridgehead atoms. The van der Waals surface area contributed by atoms with E-state index in [0.717, 1.165) is 23.4 Å². The molecule has 0 saturated carbocycles. The van der Waals surface area contributed by atoms with Gasteiger partial charge in [0.05, 0.1) is 22.0 Å². The first-order valence-electron chi connectivity index (χ1n) is 10.7. The van der Waals surface area contributed by atoms with Gasteiger partial charge in [-0.25, -0.2) is 8.42 Å². The first-order valence-corrected chi connectivity index (χ1v) is 14.1. The lowest BCUT2D eigenvalue weighted by molar-refractivity contribution is -0.139. The standard InChI is InChI=1S/C23H28BrCl2N3O4S/c1-4-5-11-27-23(31)16(2)28(14-17-9-10-20(25)21(26)12-17)22(30)15-29(34(3,32)33)19-8-6-7-18(24)13-19/h6-10,12-13,16H,4-5,11,14-15H2,1-3H3,(H,27,31)/t16-/m0/s1. The minimum Gasteiger partial charge on any atom is -0.354 e. The molecular formula is C23H28BrCl2N3O4S. The molecule has 2 amide bonds. The second-order valence-electron chi connectivity index (χ2n) is 7.84. The molecule has 0 aromatic heterocycles. The van der Waals surface area contributed by atoms with E-state index in [1.165, 1.54) is 4.90 Å². The molecule has 0 aliphatic heterocycles. The van der Waals surface area contributed by atoms with Crippen LogP contribution in [0, 0.1) is 0 Å². The van der Waals surface area contributed by atoms with Crippen LogP contribution in [0.4, 0.5) is 5.69 Å². The van der Waals surface area contributed by atoms with Gasteiger partial charge in [-0.15, -0.1) is 0 Å². The van der Waals surface area contributed by atoms with E-state index < -0.39 is 28.5 Å². The van der Waals surface area contributed by atoms with Gasteiger partial charge in [0.1, 0.15) is 12.6 Å². The zero-order valence-corrected chi connectivity index (χ0v) is 23.1. The van der Waals surface area contributed by atoms with Crippen molar-refractivity contribution in [1.29, 1.82) is 0 Å². The molecular weight excluding hydrogens is 565 g/mol. The summed E-state index contributed by atoms with van der Waals surface area (Å²) in [5.41, 5.74) is 0.990. The van der Waals surface area contributed by atoms with Crippen LogP contribution in [0.15, 0.2) is 46.9 Å². The molecule has 2 aromatic carbocycles. The average Bonchev–Trinajstić information content (AvgIpc) is 2.76. The zero-order valence-electron chi connectivity index (χ0n) is 19.2. The summed E-state index contributed by atoms with van der Waals surface area (Å²) in [6.45, 7) is 3.69. The summed E-state index contributed by atoms with van der Waals surface area (Å²) >= 11 is 15.5. The molecule has 186 valence electrons. The molecule has 0 heterocycles. The lowest BCUT2D eigenvalue weighted by atomic mass is 10.1. The third-order valence-electron chi connectivity index (χ3n) is 5.11. The summed E-state index contributed by atoms with van der Waals surface area (Å²) < 4.78 is 26.8. The number of carbonyl (C=O) groups is 2. The molecule has 0 aliphatic carbocycles. The van der Waals surface area contributed by atoms with E-state index in [0.29, 0.717) is 32.3 Å². The van der Waals surface area contributed by atoms with E-state index in [2.05, 4.69) is 21.2 Å². The molecule has 1 N–H and O–H groups in total. The predicted molar refractivity (Wildman–Crippen MR) is 141 cm³/mol. The topological polar surface area (TPSA) is 86.8 Å². The Labute approximate surface area is 219 Å². The quantitative estimate of drug-likeness (QED) is 0.378. The number of sulfonamides is 1. The van der Waals surface area contributed by atoms with Crippen molar-refractivity contribution in [2.45, 2.75) is 39.3 Å². The molecule has 7 nitrogen and oxygen atoms in total. The number of anilines is 1. The molecule has 1 atom stereocenters. The van der Waals surface area contributed by atoms with Gasteiger partial charge < -0.3 is 10.2 Å². The number of carbonyl (C=O) groups excluding carboxylic acids is 2. The largest absolute Gasteiger partial charge is 0.354 e. The zero-order chi connectivity index (χ0) is 25.5. The van der Waals surface area contributed by atoms with Gasteiger partial charge >= 0.3 is 0 Å². The van der Waals surface area contributed by atoms with Crippen molar-refractivity contribution in [1.82, 2.24) is 10.2 Å². The van der Waals surface area contributed by atoms with Gasteiger partial charge in [0.15, 0.2) is 0 Å². The van der Waals surface area contributed by atoms with E-state index in [1.807, 2.05) is 6.92 Å². The third-order valence-corrected chi connectivity index (χ3v) is 7.48. The second-order valence-corrected chi connectivity index (χ2v) is 11.5. The van der Waals surface area contributed by atoms with Crippen molar-refractivity contribution in [2.24, 2.45) is 0 Å². The Balaban J connectivity index is 2.37. The number of benzene rings is 2.